The Hall–Kier alpha value is -3.03. The van der Waals surface area contributed by atoms with Gasteiger partial charge in [0.1, 0.15) is 5.75 Å². The molecule has 0 spiro atoms. The van der Waals surface area contributed by atoms with Crippen LogP contribution in [0.5, 0.6) is 11.5 Å². The number of carbonyl (C=O) groups excluding carboxylic acids is 1. The first-order valence-electron chi connectivity index (χ1n) is 8.26. The fraction of sp³-hybridized carbons (Fsp3) is 0.0500. The zero-order valence-corrected chi connectivity index (χ0v) is 16.4. The summed E-state index contributed by atoms with van der Waals surface area (Å²) in [4.78, 5) is 11.1. The Morgan fingerprint density at radius 1 is 0.964 bits per heavy atom. The molecule has 0 aliphatic heterocycles. The average Bonchev–Trinajstić information content (AvgIpc) is 2.64. The molecule has 3 aromatic rings. The van der Waals surface area contributed by atoms with Gasteiger partial charge in [-0.2, -0.15) is 0 Å². The summed E-state index contributed by atoms with van der Waals surface area (Å²) < 4.78 is 33.8. The molecule has 144 valence electrons. The van der Waals surface area contributed by atoms with Crippen LogP contribution in [0.15, 0.2) is 77.7 Å². The number of carbonyl (C=O) groups is 1. The van der Waals surface area contributed by atoms with Gasteiger partial charge in [-0.15, -0.1) is 0 Å². The molecular formula is C20H17ClN2O4S. The van der Waals surface area contributed by atoms with Gasteiger partial charge in [0, 0.05) is 17.6 Å². The number of nitrogens with one attached hydrogen (secondary N) is 2. The van der Waals surface area contributed by atoms with E-state index in [4.69, 9.17) is 16.3 Å². The average molecular weight is 417 g/mol. The van der Waals surface area contributed by atoms with Gasteiger partial charge in [-0.1, -0.05) is 29.8 Å². The summed E-state index contributed by atoms with van der Waals surface area (Å²) in [7, 11) is -3.89. The lowest BCUT2D eigenvalue weighted by Gasteiger charge is -2.14. The highest BCUT2D eigenvalue weighted by Crippen LogP contribution is 2.33. The first-order chi connectivity index (χ1) is 13.3. The van der Waals surface area contributed by atoms with E-state index in [0.29, 0.717) is 22.2 Å². The molecule has 3 rings (SSSR count). The van der Waals surface area contributed by atoms with Crippen LogP contribution >= 0.6 is 11.6 Å². The quantitative estimate of drug-likeness (QED) is 0.599. The molecule has 0 unspecified atom stereocenters. The third-order valence-corrected chi connectivity index (χ3v) is 5.26. The molecule has 0 radical (unpaired) electrons. The molecule has 0 bridgehead atoms. The van der Waals surface area contributed by atoms with Gasteiger partial charge >= 0.3 is 0 Å². The fourth-order valence-corrected chi connectivity index (χ4v) is 3.64. The molecule has 8 heteroatoms. The van der Waals surface area contributed by atoms with E-state index in [1.165, 1.54) is 37.3 Å². The first-order valence-corrected chi connectivity index (χ1v) is 10.1. The summed E-state index contributed by atoms with van der Waals surface area (Å²) >= 11 is 6.03. The normalized spacial score (nSPS) is 10.9. The van der Waals surface area contributed by atoms with Gasteiger partial charge in [0.15, 0.2) is 5.75 Å². The van der Waals surface area contributed by atoms with Crippen LogP contribution in [-0.4, -0.2) is 14.3 Å². The molecule has 0 aliphatic carbocycles. The van der Waals surface area contributed by atoms with Crippen molar-refractivity contribution in [2.24, 2.45) is 0 Å². The maximum Gasteiger partial charge on any atom is 0.262 e. The minimum Gasteiger partial charge on any atom is -0.455 e. The zero-order chi connectivity index (χ0) is 20.1. The molecule has 0 heterocycles. The van der Waals surface area contributed by atoms with Crippen LogP contribution in [-0.2, 0) is 14.8 Å². The number of hydrogen-bond acceptors (Lipinski definition) is 4. The molecule has 0 aliphatic rings. The maximum atomic E-state index is 12.8. The molecule has 0 fully saturated rings. The molecular weight excluding hydrogens is 400 g/mol. The van der Waals surface area contributed by atoms with Gasteiger partial charge in [0.05, 0.1) is 10.6 Å². The second-order valence-electron chi connectivity index (χ2n) is 5.87. The van der Waals surface area contributed by atoms with E-state index in [2.05, 4.69) is 10.0 Å². The van der Waals surface area contributed by atoms with E-state index in [0.717, 1.165) is 0 Å². The van der Waals surface area contributed by atoms with Crippen molar-refractivity contribution in [3.05, 3.63) is 77.8 Å². The highest BCUT2D eigenvalue weighted by Gasteiger charge is 2.17. The summed E-state index contributed by atoms with van der Waals surface area (Å²) in [5, 5.41) is 2.95. The van der Waals surface area contributed by atoms with Crippen LogP contribution in [0.3, 0.4) is 0 Å². The summed E-state index contributed by atoms with van der Waals surface area (Å²) in [5.41, 5.74) is 0.713. The van der Waals surface area contributed by atoms with Gasteiger partial charge in [0.2, 0.25) is 5.91 Å². The van der Waals surface area contributed by atoms with Crippen LogP contribution < -0.4 is 14.8 Å². The highest BCUT2D eigenvalue weighted by atomic mass is 35.5. The third-order valence-electron chi connectivity index (χ3n) is 3.64. The molecule has 0 aromatic heterocycles. The number of rotatable bonds is 6. The molecule has 3 aromatic carbocycles. The van der Waals surface area contributed by atoms with Crippen LogP contribution in [0.2, 0.25) is 5.02 Å². The van der Waals surface area contributed by atoms with Crippen molar-refractivity contribution in [3.8, 4) is 11.5 Å². The number of halogens is 1. The van der Waals surface area contributed by atoms with Crippen LogP contribution in [0.4, 0.5) is 11.4 Å². The Morgan fingerprint density at radius 3 is 2.29 bits per heavy atom. The summed E-state index contributed by atoms with van der Waals surface area (Å²) in [6, 6.07) is 19.5. The minimum atomic E-state index is -3.89. The first kappa shape index (κ1) is 19.7. The van der Waals surface area contributed by atoms with Crippen molar-refractivity contribution in [3.63, 3.8) is 0 Å². The minimum absolute atomic E-state index is 0.0345. The topological polar surface area (TPSA) is 84.5 Å². The fourth-order valence-electron chi connectivity index (χ4n) is 2.41. The predicted molar refractivity (Wildman–Crippen MR) is 110 cm³/mol. The highest BCUT2D eigenvalue weighted by molar-refractivity contribution is 7.92. The SMILES string of the molecule is CC(=O)Nc1ccc(S(=O)(=O)Nc2cc(Cl)ccc2Oc2ccccc2)cc1. The van der Waals surface area contributed by atoms with Gasteiger partial charge in [-0.25, -0.2) is 8.42 Å². The Bertz CT molecular complexity index is 1080. The monoisotopic (exact) mass is 416 g/mol. The lowest BCUT2D eigenvalue weighted by molar-refractivity contribution is -0.114. The van der Waals surface area contributed by atoms with Crippen molar-refractivity contribution >= 4 is 38.9 Å². The van der Waals surface area contributed by atoms with E-state index in [1.807, 2.05) is 18.2 Å². The van der Waals surface area contributed by atoms with E-state index in [9.17, 15) is 13.2 Å². The number of benzene rings is 3. The zero-order valence-electron chi connectivity index (χ0n) is 14.8. The van der Waals surface area contributed by atoms with E-state index in [-0.39, 0.29) is 16.5 Å². The molecule has 1 amide bonds. The molecule has 0 saturated carbocycles. The number of para-hydroxylation sites is 1. The van der Waals surface area contributed by atoms with E-state index >= 15 is 0 Å². The molecule has 0 saturated heterocycles. The summed E-state index contributed by atoms with van der Waals surface area (Å²) in [5.74, 6) is 0.634. The van der Waals surface area contributed by atoms with E-state index < -0.39 is 10.0 Å². The Balaban J connectivity index is 1.87. The maximum absolute atomic E-state index is 12.8. The van der Waals surface area contributed by atoms with Crippen LogP contribution in [0.1, 0.15) is 6.92 Å². The second kappa shape index (κ2) is 8.33. The van der Waals surface area contributed by atoms with Gasteiger partial charge in [-0.05, 0) is 54.6 Å². The van der Waals surface area contributed by atoms with Gasteiger partial charge in [-0.3, -0.25) is 9.52 Å². The van der Waals surface area contributed by atoms with Crippen molar-refractivity contribution in [1.29, 1.82) is 0 Å². The number of ether oxygens (including phenoxy) is 1. The molecule has 28 heavy (non-hydrogen) atoms. The number of anilines is 2. The number of hydrogen-bond donors (Lipinski definition) is 2. The van der Waals surface area contributed by atoms with E-state index in [1.54, 1.807) is 24.3 Å². The lowest BCUT2D eigenvalue weighted by atomic mass is 10.3. The Kier molecular flexibility index (Phi) is 5.87. The molecule has 0 atom stereocenters. The second-order valence-corrected chi connectivity index (χ2v) is 7.99. The Labute approximate surface area is 168 Å². The summed E-state index contributed by atoms with van der Waals surface area (Å²) in [6.07, 6.45) is 0. The third kappa shape index (κ3) is 5.03. The smallest absolute Gasteiger partial charge is 0.262 e. The van der Waals surface area contributed by atoms with Crippen LogP contribution in [0.25, 0.3) is 0 Å². The van der Waals surface area contributed by atoms with Crippen molar-refractivity contribution < 1.29 is 17.9 Å². The Morgan fingerprint density at radius 2 is 1.64 bits per heavy atom. The largest absolute Gasteiger partial charge is 0.455 e. The van der Waals surface area contributed by atoms with Crippen molar-refractivity contribution in [2.45, 2.75) is 11.8 Å². The lowest BCUT2D eigenvalue weighted by Crippen LogP contribution is -2.14. The standard InChI is InChI=1S/C20H17ClN2O4S/c1-14(24)22-16-8-10-18(11-9-16)28(25,26)23-19-13-15(21)7-12-20(19)27-17-5-3-2-4-6-17/h2-13,23H,1H3,(H,22,24). The van der Waals surface area contributed by atoms with Gasteiger partial charge < -0.3 is 10.1 Å². The summed E-state index contributed by atoms with van der Waals surface area (Å²) in [6.45, 7) is 1.37. The van der Waals surface area contributed by atoms with Gasteiger partial charge in [0.25, 0.3) is 10.0 Å². The molecule has 2 N–H and O–H groups in total. The van der Waals surface area contributed by atoms with Crippen LogP contribution in [0, 0.1) is 0 Å². The van der Waals surface area contributed by atoms with Crippen molar-refractivity contribution in [1.82, 2.24) is 0 Å². The number of amides is 1. The van der Waals surface area contributed by atoms with Crippen molar-refractivity contribution in [2.75, 3.05) is 10.0 Å². The predicted octanol–water partition coefficient (Wildman–Crippen LogP) is 4.89. The number of sulfonamides is 1. The molecule has 6 nitrogen and oxygen atoms in total.